The molecular weight excluding hydrogens is 288 g/mol. The molecule has 9 nitrogen and oxygen atoms in total. The maximum Gasteiger partial charge on any atom is 0.189 e. The second-order valence-electron chi connectivity index (χ2n) is 4.89. The molecule has 9 heteroatoms. The fourth-order valence-corrected chi connectivity index (χ4v) is 1.92. The van der Waals surface area contributed by atoms with Gasteiger partial charge in [-0.15, -0.1) is 0 Å². The smallest absolute Gasteiger partial charge is 0.189 e. The monoisotopic (exact) mass is 312 g/mol. The third-order valence-electron chi connectivity index (χ3n) is 3.22. The van der Waals surface area contributed by atoms with Gasteiger partial charge in [-0.25, -0.2) is 0 Å². The molecule has 0 spiro atoms. The Kier molecular flexibility index (Phi) is 7.40. The Hall–Kier alpha value is -0.360. The van der Waals surface area contributed by atoms with Gasteiger partial charge in [-0.2, -0.15) is 0 Å². The van der Waals surface area contributed by atoms with Crippen LogP contribution in [0.2, 0.25) is 0 Å². The van der Waals surface area contributed by atoms with Crippen LogP contribution in [0.1, 0.15) is 13.8 Å². The van der Waals surface area contributed by atoms with Crippen LogP contribution in [0.15, 0.2) is 0 Å². The first-order chi connectivity index (χ1) is 9.83. The van der Waals surface area contributed by atoms with Crippen molar-refractivity contribution in [2.75, 3.05) is 13.2 Å². The third-order valence-corrected chi connectivity index (χ3v) is 3.22. The molecule has 21 heavy (non-hydrogen) atoms. The fourth-order valence-electron chi connectivity index (χ4n) is 1.92. The zero-order valence-electron chi connectivity index (χ0n) is 11.9. The Bertz CT molecular complexity index is 298. The van der Waals surface area contributed by atoms with Crippen LogP contribution in [0.4, 0.5) is 0 Å². The van der Waals surface area contributed by atoms with Crippen LogP contribution in [0.25, 0.3) is 0 Å². The molecule has 0 aromatic carbocycles. The molecule has 0 saturated carbocycles. The Morgan fingerprint density at radius 2 is 1.71 bits per heavy atom. The highest BCUT2D eigenvalue weighted by molar-refractivity contribution is 4.89. The molecule has 1 heterocycles. The van der Waals surface area contributed by atoms with Gasteiger partial charge < -0.3 is 44.8 Å². The minimum Gasteiger partial charge on any atom is -0.394 e. The Labute approximate surface area is 122 Å². The van der Waals surface area contributed by atoms with Gasteiger partial charge in [0.15, 0.2) is 12.6 Å². The van der Waals surface area contributed by atoms with Crippen LogP contribution in [0.5, 0.6) is 0 Å². The van der Waals surface area contributed by atoms with Gasteiger partial charge in [0.1, 0.15) is 30.5 Å². The molecule has 1 aliphatic heterocycles. The van der Waals surface area contributed by atoms with Gasteiger partial charge in [-0.05, 0) is 13.8 Å². The number of hydrogen-bond acceptors (Lipinski definition) is 9. The first-order valence-corrected chi connectivity index (χ1v) is 6.77. The molecule has 0 radical (unpaired) electrons. The van der Waals surface area contributed by atoms with Crippen molar-refractivity contribution < 1.29 is 44.8 Å². The second-order valence-corrected chi connectivity index (χ2v) is 4.89. The lowest BCUT2D eigenvalue weighted by Gasteiger charge is -2.41. The van der Waals surface area contributed by atoms with Crippen molar-refractivity contribution in [2.24, 2.45) is 0 Å². The lowest BCUT2D eigenvalue weighted by atomic mass is 9.99. The van der Waals surface area contributed by atoms with Crippen molar-refractivity contribution >= 4 is 0 Å². The van der Waals surface area contributed by atoms with Crippen molar-refractivity contribution in [3.05, 3.63) is 0 Å². The molecule has 0 aromatic rings. The Morgan fingerprint density at radius 3 is 2.19 bits per heavy atom. The summed E-state index contributed by atoms with van der Waals surface area (Å²) in [6.45, 7) is 2.53. The van der Waals surface area contributed by atoms with E-state index in [0.717, 1.165) is 0 Å². The summed E-state index contributed by atoms with van der Waals surface area (Å²) in [6.07, 6.45) is -11.1. The van der Waals surface area contributed by atoms with Gasteiger partial charge in [-0.1, -0.05) is 0 Å². The average molecular weight is 312 g/mol. The van der Waals surface area contributed by atoms with Crippen LogP contribution in [-0.2, 0) is 14.2 Å². The molecule has 0 aromatic heterocycles. The van der Waals surface area contributed by atoms with Gasteiger partial charge in [0, 0.05) is 6.61 Å². The van der Waals surface area contributed by atoms with E-state index in [1.807, 2.05) is 0 Å². The largest absolute Gasteiger partial charge is 0.394 e. The molecule has 126 valence electrons. The topological polar surface area (TPSA) is 149 Å². The van der Waals surface area contributed by atoms with Crippen LogP contribution in [0.3, 0.4) is 0 Å². The third kappa shape index (κ3) is 4.55. The molecule has 0 aliphatic carbocycles. The fraction of sp³-hybridized carbons (Fsp3) is 1.00. The lowest BCUT2D eigenvalue weighted by molar-refractivity contribution is -0.350. The van der Waals surface area contributed by atoms with Crippen molar-refractivity contribution in [3.8, 4) is 0 Å². The molecular formula is C12H24O9. The number of aliphatic hydroxyl groups is 6. The summed E-state index contributed by atoms with van der Waals surface area (Å²) >= 11 is 0. The second kappa shape index (κ2) is 8.32. The molecule has 6 N–H and O–H groups in total. The van der Waals surface area contributed by atoms with Crippen molar-refractivity contribution in [1.29, 1.82) is 0 Å². The van der Waals surface area contributed by atoms with Crippen molar-refractivity contribution in [1.82, 2.24) is 0 Å². The predicted octanol–water partition coefficient (Wildman–Crippen LogP) is -3.09. The standard InChI is InChI=1S/C12H24O9/c1-3-19-11(7(15)5(2)14)21-12-10(18)9(17)8(16)6(4-13)20-12/h5-18H,3-4H2,1-2H3. The first-order valence-electron chi connectivity index (χ1n) is 6.77. The quantitative estimate of drug-likeness (QED) is 0.269. The van der Waals surface area contributed by atoms with Crippen molar-refractivity contribution in [3.63, 3.8) is 0 Å². The molecule has 1 saturated heterocycles. The molecule has 8 atom stereocenters. The van der Waals surface area contributed by atoms with E-state index in [4.69, 9.17) is 19.3 Å². The van der Waals surface area contributed by atoms with E-state index in [1.54, 1.807) is 6.92 Å². The summed E-state index contributed by atoms with van der Waals surface area (Å²) in [5.74, 6) is 0. The molecule has 0 bridgehead atoms. The summed E-state index contributed by atoms with van der Waals surface area (Å²) in [4.78, 5) is 0. The number of ether oxygens (including phenoxy) is 3. The highest BCUT2D eigenvalue weighted by Crippen LogP contribution is 2.24. The van der Waals surface area contributed by atoms with E-state index in [2.05, 4.69) is 0 Å². The summed E-state index contributed by atoms with van der Waals surface area (Å²) in [5.41, 5.74) is 0. The lowest BCUT2D eigenvalue weighted by Crippen LogP contribution is -2.60. The van der Waals surface area contributed by atoms with Crippen LogP contribution in [0, 0.1) is 0 Å². The summed E-state index contributed by atoms with van der Waals surface area (Å²) < 4.78 is 15.5. The summed E-state index contributed by atoms with van der Waals surface area (Å²) in [6, 6.07) is 0. The predicted molar refractivity (Wildman–Crippen MR) is 68.0 cm³/mol. The van der Waals surface area contributed by atoms with E-state index in [0.29, 0.717) is 0 Å². The number of aliphatic hydroxyl groups excluding tert-OH is 6. The van der Waals surface area contributed by atoms with Crippen LogP contribution in [-0.4, -0.2) is 93.1 Å². The molecule has 0 amide bonds. The average Bonchev–Trinajstić information content (AvgIpc) is 2.46. The SMILES string of the molecule is CCOC(OC1OC(CO)C(O)C(O)C1O)C(O)C(C)O. The summed E-state index contributed by atoms with van der Waals surface area (Å²) in [7, 11) is 0. The van der Waals surface area contributed by atoms with E-state index < -0.39 is 55.8 Å². The maximum atomic E-state index is 9.82. The van der Waals surface area contributed by atoms with Crippen LogP contribution < -0.4 is 0 Å². The summed E-state index contributed by atoms with van der Waals surface area (Å²) in [5, 5.41) is 57.3. The molecule has 1 rings (SSSR count). The minimum atomic E-state index is -1.60. The molecule has 1 fully saturated rings. The van der Waals surface area contributed by atoms with E-state index in [1.165, 1.54) is 6.92 Å². The van der Waals surface area contributed by atoms with Gasteiger partial charge in [-0.3, -0.25) is 0 Å². The molecule has 1 aliphatic rings. The van der Waals surface area contributed by atoms with Gasteiger partial charge in [0.05, 0.1) is 12.7 Å². The highest BCUT2D eigenvalue weighted by atomic mass is 16.8. The Morgan fingerprint density at radius 1 is 1.10 bits per heavy atom. The maximum absolute atomic E-state index is 9.82. The van der Waals surface area contributed by atoms with Crippen molar-refractivity contribution in [2.45, 2.75) is 63.1 Å². The van der Waals surface area contributed by atoms with E-state index >= 15 is 0 Å². The zero-order valence-corrected chi connectivity index (χ0v) is 11.9. The zero-order chi connectivity index (χ0) is 16.2. The first kappa shape index (κ1) is 18.7. The van der Waals surface area contributed by atoms with E-state index in [-0.39, 0.29) is 6.61 Å². The normalized spacial score (nSPS) is 38.0. The van der Waals surface area contributed by atoms with Gasteiger partial charge in [0.2, 0.25) is 0 Å². The number of hydrogen-bond donors (Lipinski definition) is 6. The Balaban J connectivity index is 2.77. The van der Waals surface area contributed by atoms with Gasteiger partial charge in [0.25, 0.3) is 0 Å². The highest BCUT2D eigenvalue weighted by Gasteiger charge is 2.45. The number of rotatable bonds is 7. The minimum absolute atomic E-state index is 0.159. The molecule has 8 unspecified atom stereocenters. The van der Waals surface area contributed by atoms with Crippen LogP contribution >= 0.6 is 0 Å². The van der Waals surface area contributed by atoms with E-state index in [9.17, 15) is 25.5 Å². The van der Waals surface area contributed by atoms with Gasteiger partial charge >= 0.3 is 0 Å².